The molecule has 6 nitrogen and oxygen atoms in total. The van der Waals surface area contributed by atoms with Crippen molar-refractivity contribution in [3.8, 4) is 0 Å². The van der Waals surface area contributed by atoms with E-state index in [1.54, 1.807) is 0 Å². The Labute approximate surface area is 67.4 Å². The summed E-state index contributed by atoms with van der Waals surface area (Å²) in [5, 5.41) is 33.5. The molecule has 6 heteroatoms. The summed E-state index contributed by atoms with van der Waals surface area (Å²) < 4.78 is 0. The summed E-state index contributed by atoms with van der Waals surface area (Å²) in [6.45, 7) is -1.84. The molecule has 12 heavy (non-hydrogen) atoms. The van der Waals surface area contributed by atoms with Gasteiger partial charge in [0.1, 0.15) is 0 Å². The maximum Gasteiger partial charge on any atom is 0.334 e. The number of aliphatic hydroxyl groups excluding tert-OH is 2. The van der Waals surface area contributed by atoms with Crippen LogP contribution in [0.15, 0.2) is 11.1 Å². The third kappa shape index (κ3) is 2.33. The van der Waals surface area contributed by atoms with E-state index in [0.29, 0.717) is 0 Å². The van der Waals surface area contributed by atoms with Gasteiger partial charge in [0.2, 0.25) is 0 Å². The van der Waals surface area contributed by atoms with E-state index >= 15 is 0 Å². The summed E-state index contributed by atoms with van der Waals surface area (Å²) in [4.78, 5) is 20.5. The third-order valence-corrected chi connectivity index (χ3v) is 1.20. The summed E-state index contributed by atoms with van der Waals surface area (Å²) in [7, 11) is 0. The Balaban J connectivity index is 5.01. The SMILES string of the molecule is O=C(O)/C(CO)=C(\CO)C(=O)O. The molecule has 0 fully saturated rings. The van der Waals surface area contributed by atoms with Crippen molar-refractivity contribution in [3.63, 3.8) is 0 Å². The number of carboxylic acid groups (broad SMARTS) is 2. The monoisotopic (exact) mass is 176 g/mol. The quantitative estimate of drug-likeness (QED) is 0.385. The fourth-order valence-corrected chi connectivity index (χ4v) is 0.584. The number of rotatable bonds is 4. The molecule has 0 aliphatic heterocycles. The van der Waals surface area contributed by atoms with Crippen LogP contribution in [0.25, 0.3) is 0 Å². The Hall–Kier alpha value is -1.40. The Morgan fingerprint density at radius 3 is 1.17 bits per heavy atom. The lowest BCUT2D eigenvalue weighted by Crippen LogP contribution is -2.16. The molecule has 0 saturated heterocycles. The third-order valence-electron chi connectivity index (χ3n) is 1.20. The predicted octanol–water partition coefficient (Wildman–Crippen LogP) is -1.56. The Kier molecular flexibility index (Phi) is 3.95. The van der Waals surface area contributed by atoms with Crippen LogP contribution in [0.3, 0.4) is 0 Å². The molecule has 68 valence electrons. The normalized spacial score (nSPS) is 12.2. The van der Waals surface area contributed by atoms with Crippen molar-refractivity contribution in [2.24, 2.45) is 0 Å². The van der Waals surface area contributed by atoms with Crippen LogP contribution in [0.1, 0.15) is 0 Å². The standard InChI is InChI=1S/C6H8O6/c7-1-3(5(9)10)4(2-8)6(11)12/h7-8H,1-2H2,(H,9,10)(H,11,12)/b4-3+. The lowest BCUT2D eigenvalue weighted by Gasteiger charge is -2.01. The van der Waals surface area contributed by atoms with Crippen molar-refractivity contribution in [2.45, 2.75) is 0 Å². The van der Waals surface area contributed by atoms with Gasteiger partial charge in [-0.15, -0.1) is 0 Å². The maximum absolute atomic E-state index is 10.2. The second-order valence-corrected chi connectivity index (χ2v) is 1.88. The summed E-state index contributed by atoms with van der Waals surface area (Å²) >= 11 is 0. The van der Waals surface area contributed by atoms with Crippen LogP contribution in [0.2, 0.25) is 0 Å². The highest BCUT2D eigenvalue weighted by Crippen LogP contribution is 2.03. The molecule has 0 aliphatic rings. The summed E-state index contributed by atoms with van der Waals surface area (Å²) in [5.74, 6) is -3.10. The average molecular weight is 176 g/mol. The van der Waals surface area contributed by atoms with Gasteiger partial charge in [-0.05, 0) is 0 Å². The highest BCUT2D eigenvalue weighted by Gasteiger charge is 2.18. The van der Waals surface area contributed by atoms with Crippen molar-refractivity contribution in [1.29, 1.82) is 0 Å². The molecule has 0 aromatic rings. The summed E-state index contributed by atoms with van der Waals surface area (Å²) in [6, 6.07) is 0. The molecule has 0 aromatic carbocycles. The predicted molar refractivity (Wildman–Crippen MR) is 36.5 cm³/mol. The fraction of sp³-hybridized carbons (Fsp3) is 0.333. The lowest BCUT2D eigenvalue weighted by atomic mass is 10.1. The van der Waals surface area contributed by atoms with Crippen LogP contribution < -0.4 is 0 Å². The van der Waals surface area contributed by atoms with E-state index in [0.717, 1.165) is 0 Å². The molecular weight excluding hydrogens is 168 g/mol. The van der Waals surface area contributed by atoms with Crippen molar-refractivity contribution in [2.75, 3.05) is 13.2 Å². The van der Waals surface area contributed by atoms with Gasteiger partial charge in [-0.25, -0.2) is 9.59 Å². The zero-order valence-electron chi connectivity index (χ0n) is 6.02. The maximum atomic E-state index is 10.2. The van der Waals surface area contributed by atoms with E-state index in [2.05, 4.69) is 0 Å². The van der Waals surface area contributed by atoms with Gasteiger partial charge in [-0.1, -0.05) is 0 Å². The minimum absolute atomic E-state index is 0.704. The van der Waals surface area contributed by atoms with E-state index in [4.69, 9.17) is 20.4 Å². The van der Waals surface area contributed by atoms with Crippen molar-refractivity contribution < 1.29 is 30.0 Å². The van der Waals surface area contributed by atoms with Crippen LogP contribution in [-0.2, 0) is 9.59 Å². The highest BCUT2D eigenvalue weighted by atomic mass is 16.4. The van der Waals surface area contributed by atoms with Gasteiger partial charge in [0.15, 0.2) is 0 Å². The molecule has 0 unspecified atom stereocenters. The van der Waals surface area contributed by atoms with Crippen molar-refractivity contribution in [1.82, 2.24) is 0 Å². The first-order valence-electron chi connectivity index (χ1n) is 2.95. The van der Waals surface area contributed by atoms with Crippen LogP contribution >= 0.6 is 0 Å². The number of hydrogen-bond acceptors (Lipinski definition) is 4. The van der Waals surface area contributed by atoms with E-state index in [1.165, 1.54) is 0 Å². The molecule has 0 saturated carbocycles. The van der Waals surface area contributed by atoms with Crippen molar-refractivity contribution in [3.05, 3.63) is 11.1 Å². The van der Waals surface area contributed by atoms with Gasteiger partial charge in [-0.2, -0.15) is 0 Å². The molecule has 0 spiro atoms. The minimum Gasteiger partial charge on any atom is -0.478 e. The molecule has 0 aliphatic carbocycles. The minimum atomic E-state index is -1.55. The molecule has 0 rings (SSSR count). The summed E-state index contributed by atoms with van der Waals surface area (Å²) in [6.07, 6.45) is 0. The number of carbonyl (C=O) groups is 2. The number of hydrogen-bond donors (Lipinski definition) is 4. The van der Waals surface area contributed by atoms with Gasteiger partial charge < -0.3 is 20.4 Å². The molecule has 0 amide bonds. The van der Waals surface area contributed by atoms with E-state index in [-0.39, 0.29) is 0 Å². The first kappa shape index (κ1) is 10.6. The van der Waals surface area contributed by atoms with Crippen LogP contribution in [0.4, 0.5) is 0 Å². The summed E-state index contributed by atoms with van der Waals surface area (Å²) in [5.41, 5.74) is -1.41. The topological polar surface area (TPSA) is 115 Å². The van der Waals surface area contributed by atoms with Crippen LogP contribution in [0.5, 0.6) is 0 Å². The second kappa shape index (κ2) is 4.47. The molecule has 0 aromatic heterocycles. The van der Waals surface area contributed by atoms with Crippen LogP contribution in [0, 0.1) is 0 Å². The van der Waals surface area contributed by atoms with Gasteiger partial charge in [0.05, 0.1) is 24.4 Å². The Morgan fingerprint density at radius 2 is 1.08 bits per heavy atom. The van der Waals surface area contributed by atoms with Crippen molar-refractivity contribution >= 4 is 11.9 Å². The average Bonchev–Trinajstić information content (AvgIpc) is 1.98. The van der Waals surface area contributed by atoms with E-state index < -0.39 is 36.3 Å². The van der Waals surface area contributed by atoms with E-state index in [9.17, 15) is 9.59 Å². The molecular formula is C6H8O6. The first-order valence-corrected chi connectivity index (χ1v) is 2.95. The molecule has 0 atom stereocenters. The first-order chi connectivity index (χ1) is 5.54. The Morgan fingerprint density at radius 1 is 0.833 bits per heavy atom. The number of carboxylic acids is 2. The molecule has 0 bridgehead atoms. The second-order valence-electron chi connectivity index (χ2n) is 1.88. The van der Waals surface area contributed by atoms with E-state index in [1.807, 2.05) is 0 Å². The van der Waals surface area contributed by atoms with Gasteiger partial charge >= 0.3 is 11.9 Å². The van der Waals surface area contributed by atoms with Gasteiger partial charge in [-0.3, -0.25) is 0 Å². The zero-order valence-corrected chi connectivity index (χ0v) is 6.02. The molecule has 0 radical (unpaired) electrons. The Bertz CT molecular complexity index is 204. The lowest BCUT2D eigenvalue weighted by molar-refractivity contribution is -0.136. The zero-order chi connectivity index (χ0) is 9.72. The van der Waals surface area contributed by atoms with Gasteiger partial charge in [0, 0.05) is 0 Å². The molecule has 0 heterocycles. The largest absolute Gasteiger partial charge is 0.478 e. The fourth-order valence-electron chi connectivity index (χ4n) is 0.584. The van der Waals surface area contributed by atoms with Crippen LogP contribution in [-0.4, -0.2) is 45.6 Å². The number of aliphatic hydroxyl groups is 2. The highest BCUT2D eigenvalue weighted by molar-refractivity contribution is 5.99. The number of aliphatic carboxylic acids is 2. The smallest absolute Gasteiger partial charge is 0.334 e. The molecule has 4 N–H and O–H groups in total. The van der Waals surface area contributed by atoms with Gasteiger partial charge in [0.25, 0.3) is 0 Å².